The van der Waals surface area contributed by atoms with Crippen LogP contribution in [0, 0.1) is 11.7 Å². The van der Waals surface area contributed by atoms with Gasteiger partial charge in [0.2, 0.25) is 0 Å². The van der Waals surface area contributed by atoms with Crippen molar-refractivity contribution in [2.75, 3.05) is 11.4 Å². The molecule has 0 aromatic heterocycles. The molecule has 0 radical (unpaired) electrons. The third-order valence-corrected chi connectivity index (χ3v) is 9.68. The Morgan fingerprint density at radius 2 is 2.09 bits per heavy atom. The summed E-state index contributed by atoms with van der Waals surface area (Å²) in [7, 11) is 0. The van der Waals surface area contributed by atoms with Gasteiger partial charge in [0.1, 0.15) is 0 Å². The SMILES string of the molecule is CC(C(N)=O)C1CN(c2cc[c]([Sn]([CH3])([CH3])[CH3])c(F)c2)C(=O)O1. The van der Waals surface area contributed by atoms with Gasteiger partial charge in [-0.1, -0.05) is 0 Å². The van der Waals surface area contributed by atoms with Crippen LogP contribution >= 0.6 is 0 Å². The molecular formula is C15H21FN2O3Sn. The van der Waals surface area contributed by atoms with E-state index in [0.29, 0.717) is 5.69 Å². The summed E-state index contributed by atoms with van der Waals surface area (Å²) in [5.41, 5.74) is 5.68. The summed E-state index contributed by atoms with van der Waals surface area (Å²) in [5.74, 6) is -1.38. The van der Waals surface area contributed by atoms with Crippen molar-refractivity contribution >= 4 is 39.6 Å². The minimum absolute atomic E-state index is 0.195. The number of cyclic esters (lactones) is 1. The van der Waals surface area contributed by atoms with Crippen molar-refractivity contribution in [3.8, 4) is 0 Å². The van der Waals surface area contributed by atoms with Gasteiger partial charge in [-0.05, 0) is 0 Å². The molecule has 5 nitrogen and oxygen atoms in total. The van der Waals surface area contributed by atoms with Crippen molar-refractivity contribution in [2.24, 2.45) is 11.7 Å². The van der Waals surface area contributed by atoms with Crippen LogP contribution in [0.4, 0.5) is 14.9 Å². The van der Waals surface area contributed by atoms with E-state index in [1.54, 1.807) is 19.1 Å². The molecule has 0 bridgehead atoms. The van der Waals surface area contributed by atoms with Gasteiger partial charge < -0.3 is 0 Å². The van der Waals surface area contributed by atoms with Gasteiger partial charge in [0.25, 0.3) is 0 Å². The first-order valence-electron chi connectivity index (χ1n) is 7.18. The monoisotopic (exact) mass is 416 g/mol. The molecule has 22 heavy (non-hydrogen) atoms. The molecule has 2 atom stereocenters. The Morgan fingerprint density at radius 1 is 1.45 bits per heavy atom. The topological polar surface area (TPSA) is 72.6 Å². The summed E-state index contributed by atoms with van der Waals surface area (Å²) in [4.78, 5) is 30.9. The number of halogens is 1. The van der Waals surface area contributed by atoms with Crippen molar-refractivity contribution in [1.29, 1.82) is 0 Å². The Balaban J connectivity index is 2.24. The number of rotatable bonds is 4. The molecule has 0 spiro atoms. The summed E-state index contributed by atoms with van der Waals surface area (Å²) < 4.78 is 20.3. The van der Waals surface area contributed by atoms with E-state index < -0.39 is 42.4 Å². The molecule has 2 amide bonds. The van der Waals surface area contributed by atoms with E-state index in [4.69, 9.17) is 10.5 Å². The number of nitrogens with zero attached hydrogens (tertiary/aromatic N) is 1. The van der Waals surface area contributed by atoms with Gasteiger partial charge in [0, 0.05) is 0 Å². The van der Waals surface area contributed by atoms with Gasteiger partial charge in [-0.3, -0.25) is 0 Å². The van der Waals surface area contributed by atoms with Gasteiger partial charge in [0.05, 0.1) is 0 Å². The van der Waals surface area contributed by atoms with Gasteiger partial charge in [-0.25, -0.2) is 0 Å². The zero-order valence-corrected chi connectivity index (χ0v) is 16.1. The number of amides is 2. The molecule has 7 heteroatoms. The maximum atomic E-state index is 14.3. The number of anilines is 1. The van der Waals surface area contributed by atoms with E-state index in [1.807, 2.05) is 0 Å². The van der Waals surface area contributed by atoms with Crippen molar-refractivity contribution in [2.45, 2.75) is 27.8 Å². The fourth-order valence-corrected chi connectivity index (χ4v) is 6.34. The number of hydrogen-bond donors (Lipinski definition) is 1. The van der Waals surface area contributed by atoms with Crippen LogP contribution in [-0.4, -0.2) is 43.0 Å². The molecule has 1 aromatic rings. The number of ether oxygens (including phenoxy) is 1. The predicted molar refractivity (Wildman–Crippen MR) is 85.4 cm³/mol. The maximum absolute atomic E-state index is 14.3. The Hall–Kier alpha value is -1.31. The molecule has 2 rings (SSSR count). The van der Waals surface area contributed by atoms with Crippen LogP contribution in [0.1, 0.15) is 6.92 Å². The zero-order chi connectivity index (χ0) is 16.7. The Morgan fingerprint density at radius 3 is 2.59 bits per heavy atom. The van der Waals surface area contributed by atoms with E-state index in [1.165, 1.54) is 11.0 Å². The normalized spacial score (nSPS) is 20.0. The van der Waals surface area contributed by atoms with Crippen LogP contribution in [0.5, 0.6) is 0 Å². The molecule has 0 saturated carbocycles. The van der Waals surface area contributed by atoms with E-state index in [-0.39, 0.29) is 12.4 Å². The molecule has 120 valence electrons. The summed E-state index contributed by atoms with van der Waals surface area (Å²) in [5, 5.41) is 0. The number of nitrogens with two attached hydrogens (primary N) is 1. The van der Waals surface area contributed by atoms with Crippen LogP contribution in [-0.2, 0) is 9.53 Å². The third kappa shape index (κ3) is 3.36. The standard InChI is InChI=1S/C12H12FN2O3.3CH3.Sn/c1-7(11(14)16)10-6-15(12(17)18-10)9-4-2-3-8(13)5-9;;;;/h2,4-5,7,10H,6H2,1H3,(H2,14,16);3*1H3;. The second kappa shape index (κ2) is 6.06. The van der Waals surface area contributed by atoms with E-state index in [2.05, 4.69) is 14.8 Å². The van der Waals surface area contributed by atoms with Crippen molar-refractivity contribution in [1.82, 2.24) is 0 Å². The zero-order valence-electron chi connectivity index (χ0n) is 13.2. The molecule has 1 aromatic carbocycles. The van der Waals surface area contributed by atoms with E-state index >= 15 is 0 Å². The first kappa shape index (κ1) is 17.0. The third-order valence-electron chi connectivity index (χ3n) is 3.91. The molecule has 1 fully saturated rings. The van der Waals surface area contributed by atoms with Crippen LogP contribution < -0.4 is 14.2 Å². The second-order valence-corrected chi connectivity index (χ2v) is 21.0. The van der Waals surface area contributed by atoms with Crippen molar-refractivity contribution in [3.05, 3.63) is 24.0 Å². The van der Waals surface area contributed by atoms with Crippen molar-refractivity contribution in [3.63, 3.8) is 0 Å². The molecular weight excluding hydrogens is 394 g/mol. The minimum atomic E-state index is -2.52. The van der Waals surface area contributed by atoms with Gasteiger partial charge in [-0.15, -0.1) is 0 Å². The molecule has 1 heterocycles. The summed E-state index contributed by atoms with van der Waals surface area (Å²) >= 11 is -2.52. The predicted octanol–water partition coefficient (Wildman–Crippen LogP) is 1.82. The first-order chi connectivity index (χ1) is 10.1. The Labute approximate surface area is 133 Å². The van der Waals surface area contributed by atoms with Crippen LogP contribution in [0.15, 0.2) is 18.2 Å². The molecule has 1 saturated heterocycles. The first-order valence-corrected chi connectivity index (χ1v) is 17.2. The summed E-state index contributed by atoms with van der Waals surface area (Å²) in [6.07, 6.45) is -1.18. The number of hydrogen-bond acceptors (Lipinski definition) is 3. The molecule has 1 aliphatic rings. The van der Waals surface area contributed by atoms with Crippen LogP contribution in [0.25, 0.3) is 0 Å². The van der Waals surface area contributed by atoms with Gasteiger partial charge >= 0.3 is 133 Å². The molecule has 1 aliphatic heterocycles. The quantitative estimate of drug-likeness (QED) is 0.763. The van der Waals surface area contributed by atoms with Gasteiger partial charge in [0.15, 0.2) is 0 Å². The van der Waals surface area contributed by atoms with E-state index in [9.17, 15) is 14.0 Å². The fraction of sp³-hybridized carbons (Fsp3) is 0.467. The van der Waals surface area contributed by atoms with Crippen LogP contribution in [0.3, 0.4) is 0 Å². The Kier molecular flexibility index (Phi) is 4.70. The molecule has 2 N–H and O–H groups in total. The summed E-state index contributed by atoms with van der Waals surface area (Å²) in [6.45, 7) is 1.81. The van der Waals surface area contributed by atoms with Gasteiger partial charge in [-0.2, -0.15) is 0 Å². The number of carbonyl (C=O) groups is 2. The molecule has 0 aliphatic carbocycles. The average molecular weight is 415 g/mol. The number of benzene rings is 1. The number of primary amides is 1. The summed E-state index contributed by atoms with van der Waals surface area (Å²) in [6, 6.07) is 4.87. The van der Waals surface area contributed by atoms with E-state index in [0.717, 1.165) is 3.58 Å². The van der Waals surface area contributed by atoms with Crippen molar-refractivity contribution < 1.29 is 18.7 Å². The van der Waals surface area contributed by atoms with Crippen LogP contribution in [0.2, 0.25) is 14.8 Å². The fourth-order valence-electron chi connectivity index (χ4n) is 2.42. The number of carbonyl (C=O) groups excluding carboxylic acids is 2. The average Bonchev–Trinajstić information content (AvgIpc) is 2.78. The second-order valence-electron chi connectivity index (χ2n) is 6.64. The molecule has 2 unspecified atom stereocenters. The Bertz CT molecular complexity index is 615.